The lowest BCUT2D eigenvalue weighted by Crippen LogP contribution is -1.81. The van der Waals surface area contributed by atoms with E-state index in [4.69, 9.17) is 5.26 Å². The first-order valence-corrected chi connectivity index (χ1v) is 3.98. The maximum Gasteiger partial charge on any atom is 0.100 e. The van der Waals surface area contributed by atoms with E-state index in [0.717, 1.165) is 14.7 Å². The third kappa shape index (κ3) is 1.48. The van der Waals surface area contributed by atoms with Crippen molar-refractivity contribution in [1.29, 1.82) is 5.26 Å². The minimum atomic E-state index is 0.764. The van der Waals surface area contributed by atoms with Gasteiger partial charge in [0.15, 0.2) is 0 Å². The smallest absolute Gasteiger partial charge is 0.100 e. The average molecular weight is 243 g/mol. The molecular weight excluding hydrogens is 237 g/mol. The Kier molecular flexibility index (Phi) is 2.28. The summed E-state index contributed by atoms with van der Waals surface area (Å²) in [5.41, 5.74) is 1.90. The van der Waals surface area contributed by atoms with E-state index < -0.39 is 0 Å². The second-order valence-electron chi connectivity index (χ2n) is 2.10. The lowest BCUT2D eigenvalue weighted by molar-refractivity contribution is 1.40. The molecule has 0 heterocycles. The molecule has 10 heavy (non-hydrogen) atoms. The second-order valence-corrected chi connectivity index (χ2v) is 3.26. The number of nitrogens with zero attached hydrogens (tertiary/aromatic N) is 1. The quantitative estimate of drug-likeness (QED) is 0.642. The fraction of sp³-hybridized carbons (Fsp3) is 0.125. The molecule has 0 saturated carbocycles. The van der Waals surface area contributed by atoms with Crippen molar-refractivity contribution in [3.8, 4) is 6.07 Å². The predicted octanol–water partition coefficient (Wildman–Crippen LogP) is 2.47. The minimum absolute atomic E-state index is 0.764. The van der Waals surface area contributed by atoms with Crippen LogP contribution in [0.2, 0.25) is 0 Å². The highest BCUT2D eigenvalue weighted by Gasteiger charge is 1.95. The first-order chi connectivity index (χ1) is 4.74. The summed E-state index contributed by atoms with van der Waals surface area (Å²) < 4.78 is 1.02. The van der Waals surface area contributed by atoms with E-state index in [1.165, 1.54) is 0 Å². The average Bonchev–Trinajstić information content (AvgIpc) is 1.94. The van der Waals surface area contributed by atoms with E-state index >= 15 is 0 Å². The van der Waals surface area contributed by atoms with E-state index in [2.05, 4.69) is 28.7 Å². The Hall–Kier alpha value is -0.560. The van der Waals surface area contributed by atoms with Gasteiger partial charge >= 0.3 is 0 Å². The molecule has 0 aromatic heterocycles. The Morgan fingerprint density at radius 2 is 2.20 bits per heavy atom. The lowest BCUT2D eigenvalue weighted by Gasteiger charge is -1.94. The second kappa shape index (κ2) is 3.02. The topological polar surface area (TPSA) is 23.8 Å². The molecule has 50 valence electrons. The summed E-state index contributed by atoms with van der Waals surface area (Å²) in [6.45, 7) is 1.98. The van der Waals surface area contributed by atoms with Crippen molar-refractivity contribution in [2.75, 3.05) is 0 Å². The van der Waals surface area contributed by atoms with Gasteiger partial charge in [-0.15, -0.1) is 0 Å². The Morgan fingerprint density at radius 1 is 1.50 bits per heavy atom. The summed E-state index contributed by atoms with van der Waals surface area (Å²) in [6, 6.07) is 7.97. The van der Waals surface area contributed by atoms with E-state index in [9.17, 15) is 0 Å². The maximum absolute atomic E-state index is 8.59. The van der Waals surface area contributed by atoms with Crippen LogP contribution in [0.3, 0.4) is 0 Å². The molecule has 0 fully saturated rings. The minimum Gasteiger partial charge on any atom is -0.192 e. The van der Waals surface area contributed by atoms with Crippen LogP contribution >= 0.6 is 22.6 Å². The molecule has 1 rings (SSSR count). The number of benzene rings is 1. The lowest BCUT2D eigenvalue weighted by atomic mass is 10.2. The van der Waals surface area contributed by atoms with Gasteiger partial charge in [0, 0.05) is 3.57 Å². The van der Waals surface area contributed by atoms with E-state index in [0.29, 0.717) is 0 Å². The van der Waals surface area contributed by atoms with E-state index in [-0.39, 0.29) is 0 Å². The van der Waals surface area contributed by atoms with Crippen molar-refractivity contribution in [2.24, 2.45) is 0 Å². The Labute approximate surface area is 73.8 Å². The molecule has 0 radical (unpaired) electrons. The molecule has 0 amide bonds. The highest BCUT2D eigenvalue weighted by atomic mass is 127. The monoisotopic (exact) mass is 243 g/mol. The van der Waals surface area contributed by atoms with E-state index in [1.807, 2.05) is 25.1 Å². The molecule has 1 nitrogen and oxygen atoms in total. The van der Waals surface area contributed by atoms with Gasteiger partial charge in [-0.1, -0.05) is 6.07 Å². The van der Waals surface area contributed by atoms with Crippen LogP contribution in [0.15, 0.2) is 18.2 Å². The zero-order valence-corrected chi connectivity index (χ0v) is 7.71. The van der Waals surface area contributed by atoms with Crippen molar-refractivity contribution >= 4 is 22.6 Å². The zero-order valence-electron chi connectivity index (χ0n) is 5.56. The molecule has 1 aromatic carbocycles. The van der Waals surface area contributed by atoms with Crippen LogP contribution in [-0.4, -0.2) is 0 Å². The molecule has 2 heteroatoms. The van der Waals surface area contributed by atoms with Gasteiger partial charge in [0.05, 0.1) is 5.56 Å². The molecular formula is C8H6IN. The van der Waals surface area contributed by atoms with Gasteiger partial charge in [0.25, 0.3) is 0 Å². The van der Waals surface area contributed by atoms with Crippen LogP contribution in [-0.2, 0) is 0 Å². The van der Waals surface area contributed by atoms with Crippen molar-refractivity contribution in [3.63, 3.8) is 0 Å². The Bertz CT molecular complexity index is 286. The largest absolute Gasteiger partial charge is 0.192 e. The van der Waals surface area contributed by atoms with Gasteiger partial charge in [0.1, 0.15) is 6.07 Å². The van der Waals surface area contributed by atoms with Gasteiger partial charge in [-0.05, 0) is 47.2 Å². The van der Waals surface area contributed by atoms with Gasteiger partial charge in [-0.25, -0.2) is 0 Å². The van der Waals surface area contributed by atoms with Gasteiger partial charge in [-0.2, -0.15) is 5.26 Å². The Morgan fingerprint density at radius 3 is 2.70 bits per heavy atom. The maximum atomic E-state index is 8.59. The van der Waals surface area contributed by atoms with Crippen LogP contribution in [0.25, 0.3) is 0 Å². The van der Waals surface area contributed by atoms with Crippen LogP contribution in [0.4, 0.5) is 0 Å². The van der Waals surface area contributed by atoms with Crippen molar-refractivity contribution in [2.45, 2.75) is 6.92 Å². The van der Waals surface area contributed by atoms with Crippen LogP contribution in [0.1, 0.15) is 11.1 Å². The number of halogens is 1. The van der Waals surface area contributed by atoms with Crippen LogP contribution in [0.5, 0.6) is 0 Å². The molecule has 1 aromatic rings. The van der Waals surface area contributed by atoms with Crippen LogP contribution in [0, 0.1) is 21.8 Å². The molecule has 0 saturated heterocycles. The predicted molar refractivity (Wildman–Crippen MR) is 48.6 cm³/mol. The van der Waals surface area contributed by atoms with E-state index in [1.54, 1.807) is 0 Å². The van der Waals surface area contributed by atoms with Gasteiger partial charge in [0.2, 0.25) is 0 Å². The van der Waals surface area contributed by atoms with Crippen molar-refractivity contribution < 1.29 is 0 Å². The number of aryl methyl sites for hydroxylation is 1. The first-order valence-electron chi connectivity index (χ1n) is 2.90. The molecule has 0 N–H and O–H groups in total. The number of rotatable bonds is 0. The highest BCUT2D eigenvalue weighted by molar-refractivity contribution is 14.1. The molecule has 0 unspecified atom stereocenters. The fourth-order valence-electron chi connectivity index (χ4n) is 0.725. The summed E-state index contributed by atoms with van der Waals surface area (Å²) in [5, 5.41) is 8.59. The summed E-state index contributed by atoms with van der Waals surface area (Å²) in [6.07, 6.45) is 0. The molecule has 0 aliphatic carbocycles. The van der Waals surface area contributed by atoms with Crippen molar-refractivity contribution in [3.05, 3.63) is 32.9 Å². The summed E-state index contributed by atoms with van der Waals surface area (Å²) in [5.74, 6) is 0. The summed E-state index contributed by atoms with van der Waals surface area (Å²) in [4.78, 5) is 0. The zero-order chi connectivity index (χ0) is 7.56. The molecule has 0 atom stereocenters. The number of hydrogen-bond acceptors (Lipinski definition) is 1. The van der Waals surface area contributed by atoms with Crippen LogP contribution < -0.4 is 0 Å². The number of nitriles is 1. The van der Waals surface area contributed by atoms with Gasteiger partial charge in [-0.3, -0.25) is 0 Å². The summed E-state index contributed by atoms with van der Waals surface area (Å²) in [7, 11) is 0. The normalized spacial score (nSPS) is 8.90. The fourth-order valence-corrected chi connectivity index (χ4v) is 1.18. The third-order valence-corrected chi connectivity index (χ3v) is 2.18. The molecule has 0 aliphatic heterocycles. The van der Waals surface area contributed by atoms with Gasteiger partial charge < -0.3 is 0 Å². The Balaban J connectivity index is 3.25. The summed E-state index contributed by atoms with van der Waals surface area (Å²) >= 11 is 2.15. The molecule has 0 bridgehead atoms. The van der Waals surface area contributed by atoms with Crippen molar-refractivity contribution in [1.82, 2.24) is 0 Å². The standard InChI is InChI=1S/C8H6IN/c1-6-2-3-8(9)7(4-6)5-10/h2-4H,1H3. The third-order valence-electron chi connectivity index (χ3n) is 1.24. The highest BCUT2D eigenvalue weighted by Crippen LogP contribution is 2.12. The molecule has 0 spiro atoms. The SMILES string of the molecule is Cc1ccc(I)c(C#N)c1. The molecule has 0 aliphatic rings. The number of hydrogen-bond donors (Lipinski definition) is 0. The first kappa shape index (κ1) is 7.55.